The van der Waals surface area contributed by atoms with Crippen LogP contribution in [0.1, 0.15) is 17.2 Å². The molecule has 0 spiro atoms. The van der Waals surface area contributed by atoms with Crippen molar-refractivity contribution < 1.29 is 33.4 Å². The number of aliphatic carboxylic acids is 1. The monoisotopic (exact) mass is 277 g/mol. The Balaban J connectivity index is 3.39. The molecule has 0 amide bonds. The Morgan fingerprint density at radius 2 is 2.05 bits per heavy atom. The zero-order valence-electron chi connectivity index (χ0n) is 9.54. The number of alkyl halides is 2. The molecule has 0 aliphatic rings. The van der Waals surface area contributed by atoms with Gasteiger partial charge >= 0.3 is 12.6 Å². The number of ether oxygens (including phenoxy) is 1. The number of carbonyl (C=O) groups is 1. The van der Waals surface area contributed by atoms with Gasteiger partial charge in [-0.25, -0.2) is 4.79 Å². The molecule has 0 aromatic heterocycles. The summed E-state index contributed by atoms with van der Waals surface area (Å²) in [5, 5.41) is 28.8. The lowest BCUT2D eigenvalue weighted by molar-refractivity contribution is -0.385. The minimum absolute atomic E-state index is 0.137. The van der Waals surface area contributed by atoms with Crippen LogP contribution in [0.3, 0.4) is 0 Å². The minimum atomic E-state index is -3.22. The smallest absolute Gasteiger partial charge is 0.387 e. The fraction of sp³-hybridized carbons (Fsp3) is 0.300. The molecule has 1 atom stereocenters. The van der Waals surface area contributed by atoms with E-state index in [2.05, 4.69) is 4.74 Å². The number of benzene rings is 1. The summed E-state index contributed by atoms with van der Waals surface area (Å²) in [6.45, 7) is -2.02. The Hall–Kier alpha value is -2.29. The summed E-state index contributed by atoms with van der Waals surface area (Å²) in [6, 6.07) is 1.56. The van der Waals surface area contributed by atoms with E-state index in [4.69, 9.17) is 5.11 Å². The summed E-state index contributed by atoms with van der Waals surface area (Å²) in [5.74, 6) is -2.26. The number of nitro groups is 1. The highest BCUT2D eigenvalue weighted by atomic mass is 19.3. The van der Waals surface area contributed by atoms with Gasteiger partial charge in [-0.2, -0.15) is 8.78 Å². The molecule has 1 aromatic rings. The first-order chi connectivity index (χ1) is 8.73. The molecule has 1 aromatic carbocycles. The SMILES string of the molecule is Cc1c(C(O)C(=O)O)cc(OC(F)F)cc1[N+](=O)[O-]. The summed E-state index contributed by atoms with van der Waals surface area (Å²) in [6.07, 6.45) is -2.07. The van der Waals surface area contributed by atoms with E-state index in [9.17, 15) is 28.8 Å². The first-order valence-corrected chi connectivity index (χ1v) is 4.88. The zero-order valence-corrected chi connectivity index (χ0v) is 9.54. The highest BCUT2D eigenvalue weighted by molar-refractivity contribution is 5.75. The van der Waals surface area contributed by atoms with Crippen LogP contribution in [0.25, 0.3) is 0 Å². The van der Waals surface area contributed by atoms with Crippen LogP contribution in [-0.2, 0) is 4.79 Å². The molecule has 1 rings (SSSR count). The van der Waals surface area contributed by atoms with Gasteiger partial charge in [0.2, 0.25) is 0 Å². The molecule has 0 heterocycles. The molecule has 2 N–H and O–H groups in total. The second-order valence-corrected chi connectivity index (χ2v) is 3.53. The largest absolute Gasteiger partial charge is 0.479 e. The van der Waals surface area contributed by atoms with E-state index in [1.807, 2.05) is 0 Å². The van der Waals surface area contributed by atoms with E-state index in [1.165, 1.54) is 6.92 Å². The van der Waals surface area contributed by atoms with Gasteiger partial charge < -0.3 is 14.9 Å². The van der Waals surface area contributed by atoms with Gasteiger partial charge in [0.1, 0.15) is 5.75 Å². The van der Waals surface area contributed by atoms with E-state index in [1.54, 1.807) is 0 Å². The van der Waals surface area contributed by atoms with Crippen LogP contribution in [-0.4, -0.2) is 27.7 Å². The molecule has 19 heavy (non-hydrogen) atoms. The number of aliphatic hydroxyl groups excluding tert-OH is 1. The van der Waals surface area contributed by atoms with Gasteiger partial charge in [0.25, 0.3) is 5.69 Å². The van der Waals surface area contributed by atoms with E-state index in [-0.39, 0.29) is 11.1 Å². The molecule has 104 valence electrons. The highest BCUT2D eigenvalue weighted by Crippen LogP contribution is 2.32. The summed E-state index contributed by atoms with van der Waals surface area (Å²) < 4.78 is 28.1. The maximum absolute atomic E-state index is 12.1. The number of nitrogens with zero attached hydrogens (tertiary/aromatic N) is 1. The third-order valence-electron chi connectivity index (χ3n) is 2.34. The molecule has 0 bridgehead atoms. The number of rotatable bonds is 5. The van der Waals surface area contributed by atoms with Gasteiger partial charge in [-0.05, 0) is 13.0 Å². The van der Waals surface area contributed by atoms with Gasteiger partial charge in [0, 0.05) is 11.1 Å². The molecule has 7 nitrogen and oxygen atoms in total. The van der Waals surface area contributed by atoms with Crippen molar-refractivity contribution >= 4 is 11.7 Å². The van der Waals surface area contributed by atoms with Crippen molar-refractivity contribution in [2.45, 2.75) is 19.6 Å². The fourth-order valence-electron chi connectivity index (χ4n) is 1.47. The average molecular weight is 277 g/mol. The Labute approximate surface area is 105 Å². The first kappa shape index (κ1) is 14.8. The topological polar surface area (TPSA) is 110 Å². The maximum Gasteiger partial charge on any atom is 0.387 e. The predicted molar refractivity (Wildman–Crippen MR) is 57.1 cm³/mol. The third kappa shape index (κ3) is 3.35. The first-order valence-electron chi connectivity index (χ1n) is 4.88. The lowest BCUT2D eigenvalue weighted by atomic mass is 10.0. The predicted octanol–water partition coefficient (Wildman–Crippen LogP) is 1.62. The Kier molecular flexibility index (Phi) is 4.33. The van der Waals surface area contributed by atoms with Gasteiger partial charge in [0.05, 0.1) is 11.0 Å². The van der Waals surface area contributed by atoms with Crippen LogP contribution in [0.4, 0.5) is 14.5 Å². The van der Waals surface area contributed by atoms with Crippen molar-refractivity contribution in [3.8, 4) is 5.75 Å². The van der Waals surface area contributed by atoms with Crippen molar-refractivity contribution in [3.63, 3.8) is 0 Å². The molecule has 9 heteroatoms. The van der Waals surface area contributed by atoms with E-state index in [0.717, 1.165) is 12.1 Å². The van der Waals surface area contributed by atoms with E-state index in [0.29, 0.717) is 0 Å². The lowest BCUT2D eigenvalue weighted by Crippen LogP contribution is -2.13. The Bertz CT molecular complexity index is 519. The van der Waals surface area contributed by atoms with Crippen molar-refractivity contribution in [1.29, 1.82) is 0 Å². The molecule has 0 radical (unpaired) electrons. The van der Waals surface area contributed by atoms with Crippen molar-refractivity contribution in [2.24, 2.45) is 0 Å². The van der Waals surface area contributed by atoms with Crippen LogP contribution >= 0.6 is 0 Å². The quantitative estimate of drug-likeness (QED) is 0.625. The molecule has 0 saturated heterocycles. The highest BCUT2D eigenvalue weighted by Gasteiger charge is 2.25. The fourth-order valence-corrected chi connectivity index (χ4v) is 1.47. The van der Waals surface area contributed by atoms with Crippen LogP contribution < -0.4 is 4.74 Å². The van der Waals surface area contributed by atoms with Crippen LogP contribution in [0, 0.1) is 17.0 Å². The maximum atomic E-state index is 12.1. The molecule has 0 fully saturated rings. The molecular formula is C10H9F2NO6. The number of aliphatic hydroxyl groups is 1. The minimum Gasteiger partial charge on any atom is -0.479 e. The standard InChI is InChI=1S/C10H9F2NO6/c1-4-6(8(14)9(15)16)2-5(19-10(11)12)3-7(4)13(17)18/h2-3,8,10,14H,1H3,(H,15,16). The van der Waals surface area contributed by atoms with Gasteiger partial charge in [-0.15, -0.1) is 0 Å². The molecular weight excluding hydrogens is 268 g/mol. The summed E-state index contributed by atoms with van der Waals surface area (Å²) >= 11 is 0. The van der Waals surface area contributed by atoms with Crippen molar-refractivity contribution in [3.05, 3.63) is 33.4 Å². The number of carboxylic acids is 1. The van der Waals surface area contributed by atoms with E-state index >= 15 is 0 Å². The number of hydrogen-bond acceptors (Lipinski definition) is 5. The molecule has 1 unspecified atom stereocenters. The Morgan fingerprint density at radius 3 is 2.47 bits per heavy atom. The second-order valence-electron chi connectivity index (χ2n) is 3.53. The summed E-state index contributed by atoms with van der Waals surface area (Å²) in [4.78, 5) is 20.5. The lowest BCUT2D eigenvalue weighted by Gasteiger charge is -2.12. The number of halogens is 2. The normalized spacial score (nSPS) is 12.3. The molecule has 0 saturated carbocycles. The average Bonchev–Trinajstić information content (AvgIpc) is 2.29. The Morgan fingerprint density at radius 1 is 1.47 bits per heavy atom. The van der Waals surface area contributed by atoms with Crippen molar-refractivity contribution in [1.82, 2.24) is 0 Å². The molecule has 0 aliphatic carbocycles. The summed E-state index contributed by atoms with van der Waals surface area (Å²) in [5.41, 5.74) is -1.13. The number of nitro benzene ring substituents is 1. The van der Waals surface area contributed by atoms with Crippen molar-refractivity contribution in [2.75, 3.05) is 0 Å². The number of carboxylic acid groups (broad SMARTS) is 1. The van der Waals surface area contributed by atoms with Gasteiger partial charge in [-0.3, -0.25) is 10.1 Å². The van der Waals surface area contributed by atoms with E-state index < -0.39 is 35.0 Å². The van der Waals surface area contributed by atoms with Crippen LogP contribution in [0.15, 0.2) is 12.1 Å². The number of hydrogen-bond donors (Lipinski definition) is 2. The van der Waals surface area contributed by atoms with Gasteiger partial charge in [-0.1, -0.05) is 0 Å². The van der Waals surface area contributed by atoms with Crippen LogP contribution in [0.2, 0.25) is 0 Å². The van der Waals surface area contributed by atoms with Crippen LogP contribution in [0.5, 0.6) is 5.75 Å². The molecule has 0 aliphatic heterocycles. The van der Waals surface area contributed by atoms with Gasteiger partial charge in [0.15, 0.2) is 6.10 Å². The third-order valence-corrected chi connectivity index (χ3v) is 2.34. The zero-order chi connectivity index (χ0) is 14.7. The summed E-state index contributed by atoms with van der Waals surface area (Å²) in [7, 11) is 0. The second kappa shape index (κ2) is 5.57.